The molecule has 24 heavy (non-hydrogen) atoms. The maximum atomic E-state index is 13.7. The Kier molecular flexibility index (Phi) is 4.87. The van der Waals surface area contributed by atoms with E-state index in [4.69, 9.17) is 23.2 Å². The van der Waals surface area contributed by atoms with Crippen LogP contribution in [0.2, 0.25) is 0 Å². The summed E-state index contributed by atoms with van der Waals surface area (Å²) in [5, 5.41) is 0. The predicted octanol–water partition coefficient (Wildman–Crippen LogP) is 2.19. The standard InChI is InChI=1S/C16H14Cl2FN3O2/c17-14(18)16(24)22-6-5-12-10(8-22)15(23)21-13(20-12)7-9-3-1-2-4-11(9)19/h1-4,14H,5-8H2,(H,20,21,23). The molecule has 0 aliphatic carbocycles. The molecule has 5 nitrogen and oxygen atoms in total. The van der Waals surface area contributed by atoms with Crippen molar-refractivity contribution >= 4 is 29.1 Å². The number of nitrogens with zero attached hydrogens (tertiary/aromatic N) is 2. The van der Waals surface area contributed by atoms with Gasteiger partial charge in [0, 0.05) is 19.4 Å². The molecule has 0 saturated heterocycles. The smallest absolute Gasteiger partial charge is 0.256 e. The zero-order chi connectivity index (χ0) is 17.3. The van der Waals surface area contributed by atoms with E-state index >= 15 is 0 Å². The minimum absolute atomic E-state index is 0.117. The third kappa shape index (κ3) is 3.44. The van der Waals surface area contributed by atoms with Crippen LogP contribution in [0, 0.1) is 5.82 Å². The highest BCUT2D eigenvalue weighted by molar-refractivity contribution is 6.53. The fourth-order valence-corrected chi connectivity index (χ4v) is 2.98. The van der Waals surface area contributed by atoms with Gasteiger partial charge in [0.15, 0.2) is 4.84 Å². The zero-order valence-electron chi connectivity index (χ0n) is 12.6. The number of rotatable bonds is 3. The van der Waals surface area contributed by atoms with Crippen LogP contribution in [0.4, 0.5) is 4.39 Å². The molecule has 2 heterocycles. The Labute approximate surface area is 147 Å². The van der Waals surface area contributed by atoms with Crippen molar-refractivity contribution in [3.8, 4) is 0 Å². The lowest BCUT2D eigenvalue weighted by molar-refractivity contribution is -0.130. The second-order valence-electron chi connectivity index (χ2n) is 5.52. The molecule has 1 amide bonds. The lowest BCUT2D eigenvalue weighted by Crippen LogP contribution is -2.42. The number of amides is 1. The lowest BCUT2D eigenvalue weighted by Gasteiger charge is -2.28. The quantitative estimate of drug-likeness (QED) is 0.843. The van der Waals surface area contributed by atoms with Crippen LogP contribution in [0.1, 0.15) is 22.6 Å². The number of H-pyrrole nitrogens is 1. The summed E-state index contributed by atoms with van der Waals surface area (Å²) in [6, 6.07) is 6.35. The van der Waals surface area contributed by atoms with Gasteiger partial charge in [-0.25, -0.2) is 9.37 Å². The summed E-state index contributed by atoms with van der Waals surface area (Å²) >= 11 is 11.2. The van der Waals surface area contributed by atoms with Crippen LogP contribution < -0.4 is 5.56 Å². The maximum absolute atomic E-state index is 13.7. The van der Waals surface area contributed by atoms with Crippen LogP contribution in [0.3, 0.4) is 0 Å². The number of halogens is 3. The zero-order valence-corrected chi connectivity index (χ0v) is 14.1. The molecule has 0 spiro atoms. The lowest BCUT2D eigenvalue weighted by atomic mass is 10.1. The first-order chi connectivity index (χ1) is 11.5. The second kappa shape index (κ2) is 6.91. The summed E-state index contributed by atoms with van der Waals surface area (Å²) in [5.74, 6) is -0.375. The number of hydrogen-bond acceptors (Lipinski definition) is 3. The van der Waals surface area contributed by atoms with Gasteiger partial charge >= 0.3 is 0 Å². The molecule has 8 heteroatoms. The van der Waals surface area contributed by atoms with Crippen LogP contribution >= 0.6 is 23.2 Å². The molecule has 126 valence electrons. The third-order valence-electron chi connectivity index (χ3n) is 3.93. The fourth-order valence-electron chi connectivity index (χ4n) is 2.71. The van der Waals surface area contributed by atoms with E-state index in [0.29, 0.717) is 35.6 Å². The third-order valence-corrected chi connectivity index (χ3v) is 4.31. The topological polar surface area (TPSA) is 66.1 Å². The van der Waals surface area contributed by atoms with E-state index in [1.54, 1.807) is 18.2 Å². The number of carbonyl (C=O) groups is 1. The molecule has 0 bridgehead atoms. The number of carbonyl (C=O) groups excluding carboxylic acids is 1. The SMILES string of the molecule is O=C(C(Cl)Cl)N1CCc2nc(Cc3ccccc3F)[nH]c(=O)c2C1. The summed E-state index contributed by atoms with van der Waals surface area (Å²) in [6.07, 6.45) is 0.624. The van der Waals surface area contributed by atoms with Gasteiger partial charge in [0.25, 0.3) is 11.5 Å². The molecule has 1 aliphatic rings. The Morgan fingerprint density at radius 2 is 2.12 bits per heavy atom. The Morgan fingerprint density at radius 1 is 1.38 bits per heavy atom. The molecule has 0 fully saturated rings. The van der Waals surface area contributed by atoms with Gasteiger partial charge < -0.3 is 9.88 Å². The summed E-state index contributed by atoms with van der Waals surface area (Å²) in [7, 11) is 0. The first-order valence-corrected chi connectivity index (χ1v) is 8.24. The normalized spacial score (nSPS) is 13.9. The van der Waals surface area contributed by atoms with Crippen molar-refractivity contribution in [3.63, 3.8) is 0 Å². The maximum Gasteiger partial charge on any atom is 0.256 e. The molecule has 0 unspecified atom stereocenters. The number of alkyl halides is 2. The summed E-state index contributed by atoms with van der Waals surface area (Å²) < 4.78 is 13.7. The largest absolute Gasteiger partial charge is 0.335 e. The monoisotopic (exact) mass is 369 g/mol. The Morgan fingerprint density at radius 3 is 2.83 bits per heavy atom. The van der Waals surface area contributed by atoms with Crippen molar-refractivity contribution in [3.05, 3.63) is 63.1 Å². The molecule has 0 radical (unpaired) electrons. The van der Waals surface area contributed by atoms with E-state index in [-0.39, 0.29) is 24.3 Å². The molecule has 1 aromatic heterocycles. The van der Waals surface area contributed by atoms with E-state index in [2.05, 4.69) is 9.97 Å². The summed E-state index contributed by atoms with van der Waals surface area (Å²) in [6.45, 7) is 0.504. The van der Waals surface area contributed by atoms with Crippen LogP contribution in [-0.2, 0) is 24.2 Å². The predicted molar refractivity (Wildman–Crippen MR) is 88.7 cm³/mol. The highest BCUT2D eigenvalue weighted by atomic mass is 35.5. The van der Waals surface area contributed by atoms with Gasteiger partial charge in [-0.1, -0.05) is 41.4 Å². The van der Waals surface area contributed by atoms with E-state index < -0.39 is 10.7 Å². The minimum Gasteiger partial charge on any atom is -0.335 e. The molecule has 0 saturated carbocycles. The van der Waals surface area contributed by atoms with E-state index in [0.717, 1.165) is 0 Å². The van der Waals surface area contributed by atoms with Gasteiger partial charge in [-0.05, 0) is 11.6 Å². The van der Waals surface area contributed by atoms with Gasteiger partial charge in [-0.2, -0.15) is 0 Å². The fraction of sp³-hybridized carbons (Fsp3) is 0.312. The summed E-state index contributed by atoms with van der Waals surface area (Å²) in [4.78, 5) is 31.5. The Bertz CT molecular complexity index is 838. The van der Waals surface area contributed by atoms with Crippen LogP contribution in [0.5, 0.6) is 0 Å². The van der Waals surface area contributed by atoms with Crippen molar-refractivity contribution in [2.24, 2.45) is 0 Å². The average molecular weight is 370 g/mol. The van der Waals surface area contributed by atoms with E-state index in [1.807, 2.05) is 0 Å². The number of nitrogens with one attached hydrogen (secondary N) is 1. The van der Waals surface area contributed by atoms with Crippen molar-refractivity contribution in [2.45, 2.75) is 24.2 Å². The highest BCUT2D eigenvalue weighted by Gasteiger charge is 2.27. The Balaban J connectivity index is 1.86. The van der Waals surface area contributed by atoms with Gasteiger partial charge in [-0.3, -0.25) is 9.59 Å². The van der Waals surface area contributed by atoms with Gasteiger partial charge in [-0.15, -0.1) is 0 Å². The van der Waals surface area contributed by atoms with Crippen molar-refractivity contribution in [2.75, 3.05) is 6.54 Å². The molecular formula is C16H14Cl2FN3O2. The average Bonchev–Trinajstić information content (AvgIpc) is 2.56. The highest BCUT2D eigenvalue weighted by Crippen LogP contribution is 2.18. The molecular weight excluding hydrogens is 356 g/mol. The van der Waals surface area contributed by atoms with Crippen LogP contribution in [-0.4, -0.2) is 32.2 Å². The molecule has 1 aliphatic heterocycles. The van der Waals surface area contributed by atoms with Crippen LogP contribution in [0.25, 0.3) is 0 Å². The van der Waals surface area contributed by atoms with Crippen molar-refractivity contribution in [1.29, 1.82) is 0 Å². The van der Waals surface area contributed by atoms with Crippen LogP contribution in [0.15, 0.2) is 29.1 Å². The van der Waals surface area contributed by atoms with Gasteiger partial charge in [0.2, 0.25) is 0 Å². The molecule has 3 rings (SSSR count). The van der Waals surface area contributed by atoms with Crippen molar-refractivity contribution < 1.29 is 9.18 Å². The number of benzene rings is 1. The van der Waals surface area contributed by atoms with Crippen molar-refractivity contribution in [1.82, 2.24) is 14.9 Å². The van der Waals surface area contributed by atoms with E-state index in [9.17, 15) is 14.0 Å². The first kappa shape index (κ1) is 16.9. The molecule has 2 aromatic rings. The molecule has 0 atom stereocenters. The molecule has 1 N–H and O–H groups in total. The summed E-state index contributed by atoms with van der Waals surface area (Å²) in [5.41, 5.74) is 1.17. The number of aromatic nitrogens is 2. The Hall–Kier alpha value is -1.92. The number of hydrogen-bond donors (Lipinski definition) is 1. The second-order valence-corrected chi connectivity index (χ2v) is 6.61. The first-order valence-electron chi connectivity index (χ1n) is 7.37. The van der Waals surface area contributed by atoms with Gasteiger partial charge in [0.1, 0.15) is 11.6 Å². The minimum atomic E-state index is -1.15. The van der Waals surface area contributed by atoms with E-state index in [1.165, 1.54) is 11.0 Å². The number of fused-ring (bicyclic) bond motifs is 1. The number of aromatic amines is 1. The van der Waals surface area contributed by atoms with Gasteiger partial charge in [0.05, 0.1) is 17.8 Å². The molecule has 1 aromatic carbocycles.